The van der Waals surface area contributed by atoms with Gasteiger partial charge >= 0.3 is 0 Å². The summed E-state index contributed by atoms with van der Waals surface area (Å²) in [6, 6.07) is 59.1. The Labute approximate surface area is 275 Å². The van der Waals surface area contributed by atoms with E-state index in [4.69, 9.17) is 4.42 Å². The zero-order valence-corrected chi connectivity index (χ0v) is 26.2. The molecule has 2 aromatic heterocycles. The number of para-hydroxylation sites is 1. The first kappa shape index (κ1) is 26.3. The lowest BCUT2D eigenvalue weighted by molar-refractivity contribution is 0.669. The molecule has 10 aromatic rings. The molecule has 0 radical (unpaired) electrons. The first-order chi connectivity index (χ1) is 23.3. The summed E-state index contributed by atoms with van der Waals surface area (Å²) in [7, 11) is 0. The highest BCUT2D eigenvalue weighted by Gasteiger charge is 2.20. The van der Waals surface area contributed by atoms with Gasteiger partial charge in [-0.3, -0.25) is 0 Å². The van der Waals surface area contributed by atoms with Crippen molar-refractivity contribution in [1.29, 1.82) is 0 Å². The highest BCUT2D eigenvalue weighted by atomic mass is 32.1. The molecule has 0 atom stereocenters. The van der Waals surface area contributed by atoms with Gasteiger partial charge in [0.1, 0.15) is 11.2 Å². The van der Waals surface area contributed by atoms with E-state index >= 15 is 0 Å². The number of rotatable bonds is 4. The molecule has 2 heterocycles. The molecule has 0 fully saturated rings. The summed E-state index contributed by atoms with van der Waals surface area (Å²) >= 11 is 1.85. The second kappa shape index (κ2) is 10.3. The zero-order chi connectivity index (χ0) is 30.9. The van der Waals surface area contributed by atoms with Crippen LogP contribution in [0.2, 0.25) is 0 Å². The van der Waals surface area contributed by atoms with Crippen LogP contribution in [-0.4, -0.2) is 0 Å². The Hall–Kier alpha value is -5.90. The van der Waals surface area contributed by atoms with Crippen molar-refractivity contribution >= 4 is 92.1 Å². The van der Waals surface area contributed by atoms with Gasteiger partial charge in [-0.2, -0.15) is 0 Å². The maximum Gasteiger partial charge on any atom is 0.136 e. The fraction of sp³-hybridized carbons (Fsp3) is 0. The van der Waals surface area contributed by atoms with Crippen LogP contribution in [-0.2, 0) is 0 Å². The van der Waals surface area contributed by atoms with E-state index in [0.717, 1.165) is 44.4 Å². The van der Waals surface area contributed by atoms with Crippen LogP contribution in [0.4, 0.5) is 17.1 Å². The molecule has 0 aliphatic heterocycles. The molecule has 3 heteroatoms. The van der Waals surface area contributed by atoms with Crippen molar-refractivity contribution in [3.05, 3.63) is 164 Å². The van der Waals surface area contributed by atoms with Crippen LogP contribution in [0.1, 0.15) is 0 Å². The second-order valence-corrected chi connectivity index (χ2v) is 13.2. The Kier molecular flexibility index (Phi) is 5.78. The van der Waals surface area contributed by atoms with E-state index in [0.29, 0.717) is 0 Å². The molecule has 0 aliphatic carbocycles. The molecule has 0 bridgehead atoms. The molecule has 0 N–H and O–H groups in total. The largest absolute Gasteiger partial charge is 0.456 e. The normalized spacial score (nSPS) is 11.8. The minimum absolute atomic E-state index is 0.907. The molecule has 0 aliphatic rings. The quantitative estimate of drug-likeness (QED) is 0.183. The van der Waals surface area contributed by atoms with Crippen molar-refractivity contribution in [1.82, 2.24) is 0 Å². The van der Waals surface area contributed by atoms with Crippen LogP contribution in [0, 0.1) is 0 Å². The van der Waals surface area contributed by atoms with Gasteiger partial charge in [-0.1, -0.05) is 109 Å². The van der Waals surface area contributed by atoms with Crippen LogP contribution < -0.4 is 4.90 Å². The standard InChI is InChI=1S/C44H27NOS/c1-2-11-28(12-3-1)29-13-10-14-31(23-29)45(32-21-22-37-36-18-7-9-20-43(36)47-44(37)26-32)40-24-30-25-42-39(35-17-6-8-19-41(35)46-42)27-38(30)33-15-4-5-16-34(33)40/h1-27H. The topological polar surface area (TPSA) is 16.4 Å². The van der Waals surface area contributed by atoms with Gasteiger partial charge in [0.25, 0.3) is 0 Å². The fourth-order valence-corrected chi connectivity index (χ4v) is 8.37. The summed E-state index contributed by atoms with van der Waals surface area (Å²) < 4.78 is 8.96. The molecular formula is C44H27NOS. The highest BCUT2D eigenvalue weighted by Crippen LogP contribution is 2.46. The van der Waals surface area contributed by atoms with Crippen molar-refractivity contribution in [2.75, 3.05) is 4.90 Å². The maximum absolute atomic E-state index is 6.37. The van der Waals surface area contributed by atoms with Crippen LogP contribution in [0.25, 0.3) is 74.8 Å². The van der Waals surface area contributed by atoms with Gasteiger partial charge in [-0.15, -0.1) is 11.3 Å². The molecule has 0 saturated heterocycles. The van der Waals surface area contributed by atoms with E-state index in [-0.39, 0.29) is 0 Å². The van der Waals surface area contributed by atoms with Crippen molar-refractivity contribution in [2.24, 2.45) is 0 Å². The Morgan fingerprint density at radius 2 is 1.09 bits per heavy atom. The number of nitrogens with zero attached hydrogens (tertiary/aromatic N) is 1. The molecule has 10 rings (SSSR count). The fourth-order valence-electron chi connectivity index (χ4n) is 7.23. The van der Waals surface area contributed by atoms with Crippen molar-refractivity contribution in [3.8, 4) is 11.1 Å². The summed E-state index contributed by atoms with van der Waals surface area (Å²) in [5.41, 5.74) is 7.58. The van der Waals surface area contributed by atoms with Gasteiger partial charge in [0, 0.05) is 47.7 Å². The maximum atomic E-state index is 6.37. The summed E-state index contributed by atoms with van der Waals surface area (Å²) in [5.74, 6) is 0. The average molecular weight is 618 g/mol. The summed E-state index contributed by atoms with van der Waals surface area (Å²) in [4.78, 5) is 2.43. The summed E-state index contributed by atoms with van der Waals surface area (Å²) in [5, 5.41) is 9.69. The summed E-state index contributed by atoms with van der Waals surface area (Å²) in [6.07, 6.45) is 0. The van der Waals surface area contributed by atoms with E-state index in [1.165, 1.54) is 47.5 Å². The molecule has 220 valence electrons. The minimum atomic E-state index is 0.907. The summed E-state index contributed by atoms with van der Waals surface area (Å²) in [6.45, 7) is 0. The average Bonchev–Trinajstić information content (AvgIpc) is 3.69. The molecule has 0 unspecified atom stereocenters. The van der Waals surface area contributed by atoms with Crippen LogP contribution in [0.3, 0.4) is 0 Å². The van der Waals surface area contributed by atoms with Gasteiger partial charge in [0.15, 0.2) is 0 Å². The van der Waals surface area contributed by atoms with Crippen LogP contribution in [0.15, 0.2) is 168 Å². The van der Waals surface area contributed by atoms with Gasteiger partial charge < -0.3 is 9.32 Å². The number of anilines is 3. The molecule has 2 nitrogen and oxygen atoms in total. The first-order valence-electron chi connectivity index (χ1n) is 15.9. The lowest BCUT2D eigenvalue weighted by atomic mass is 9.97. The third-order valence-electron chi connectivity index (χ3n) is 9.41. The lowest BCUT2D eigenvalue weighted by Crippen LogP contribution is -2.10. The third-order valence-corrected chi connectivity index (χ3v) is 10.5. The number of thiophene rings is 1. The number of furan rings is 1. The van der Waals surface area contributed by atoms with Crippen LogP contribution >= 0.6 is 11.3 Å². The van der Waals surface area contributed by atoms with E-state index in [2.05, 4.69) is 163 Å². The van der Waals surface area contributed by atoms with Gasteiger partial charge in [-0.25, -0.2) is 0 Å². The predicted octanol–water partition coefficient (Wildman–Crippen LogP) is 13.4. The molecule has 0 saturated carbocycles. The monoisotopic (exact) mass is 617 g/mol. The van der Waals surface area contributed by atoms with Gasteiger partial charge in [0.05, 0.1) is 5.69 Å². The molecule has 0 amide bonds. The third kappa shape index (κ3) is 4.17. The molecular weight excluding hydrogens is 591 g/mol. The van der Waals surface area contributed by atoms with E-state index < -0.39 is 0 Å². The molecule has 0 spiro atoms. The smallest absolute Gasteiger partial charge is 0.136 e. The van der Waals surface area contributed by atoms with Crippen LogP contribution in [0.5, 0.6) is 0 Å². The Bertz CT molecular complexity index is 2810. The Balaban J connectivity index is 1.27. The Morgan fingerprint density at radius 1 is 0.383 bits per heavy atom. The SMILES string of the molecule is c1ccc(-c2cccc(N(c3ccc4c(c3)sc3ccccc34)c3cc4cc5oc6ccccc6c5cc4c4ccccc34)c2)cc1. The van der Waals surface area contributed by atoms with Crippen molar-refractivity contribution < 1.29 is 4.42 Å². The predicted molar refractivity (Wildman–Crippen MR) is 202 cm³/mol. The van der Waals surface area contributed by atoms with Crippen molar-refractivity contribution in [2.45, 2.75) is 0 Å². The highest BCUT2D eigenvalue weighted by molar-refractivity contribution is 7.25. The number of benzene rings is 8. The number of fused-ring (bicyclic) bond motifs is 9. The minimum Gasteiger partial charge on any atom is -0.456 e. The van der Waals surface area contributed by atoms with Crippen molar-refractivity contribution in [3.63, 3.8) is 0 Å². The second-order valence-electron chi connectivity index (χ2n) is 12.1. The number of hydrogen-bond acceptors (Lipinski definition) is 3. The Morgan fingerprint density at radius 3 is 1.98 bits per heavy atom. The van der Waals surface area contributed by atoms with E-state index in [1.54, 1.807) is 0 Å². The van der Waals surface area contributed by atoms with Gasteiger partial charge in [0.2, 0.25) is 0 Å². The zero-order valence-electron chi connectivity index (χ0n) is 25.4. The first-order valence-corrected chi connectivity index (χ1v) is 16.7. The number of hydrogen-bond donors (Lipinski definition) is 0. The molecule has 8 aromatic carbocycles. The van der Waals surface area contributed by atoms with E-state index in [9.17, 15) is 0 Å². The molecule has 47 heavy (non-hydrogen) atoms. The lowest BCUT2D eigenvalue weighted by Gasteiger charge is -2.28. The van der Waals surface area contributed by atoms with Gasteiger partial charge in [-0.05, 0) is 81.9 Å². The van der Waals surface area contributed by atoms with E-state index in [1.807, 2.05) is 17.4 Å².